The number of nitrogens with one attached hydrogen (secondary N) is 1. The SMILES string of the molecule is CCCCCCn1c2ccccc2c2nnc(N/N=C/c3ccc(OCCCC)cc3)nc21. The third-order valence-electron chi connectivity index (χ3n) is 5.63. The van der Waals surface area contributed by atoms with E-state index in [1.807, 2.05) is 30.3 Å². The molecule has 0 bridgehead atoms. The second-order valence-corrected chi connectivity index (χ2v) is 8.18. The Hall–Kier alpha value is -3.48. The Morgan fingerprint density at radius 1 is 0.939 bits per heavy atom. The number of benzene rings is 2. The number of anilines is 1. The van der Waals surface area contributed by atoms with E-state index in [1.54, 1.807) is 6.21 Å². The average molecular weight is 445 g/mol. The molecule has 0 atom stereocenters. The maximum Gasteiger partial charge on any atom is 0.265 e. The number of aromatic nitrogens is 4. The summed E-state index contributed by atoms with van der Waals surface area (Å²) in [5, 5.41) is 14.1. The minimum absolute atomic E-state index is 0.385. The van der Waals surface area contributed by atoms with Crippen molar-refractivity contribution >= 4 is 34.2 Å². The van der Waals surface area contributed by atoms with Gasteiger partial charge < -0.3 is 9.30 Å². The standard InChI is InChI=1S/C26H32N6O/c1-3-5-7-10-17-32-23-12-9-8-11-22(23)24-25(32)28-26(31-29-24)30-27-19-20-13-15-21(16-14-20)33-18-6-4-2/h8-9,11-16,19H,3-7,10,17-18H2,1-2H3,(H,28,30,31)/b27-19+. The van der Waals surface area contributed by atoms with Crippen molar-refractivity contribution in [3.8, 4) is 5.75 Å². The lowest BCUT2D eigenvalue weighted by molar-refractivity contribution is 0.309. The van der Waals surface area contributed by atoms with Crippen molar-refractivity contribution in [3.05, 3.63) is 54.1 Å². The van der Waals surface area contributed by atoms with Crippen molar-refractivity contribution in [2.45, 2.75) is 58.9 Å². The highest BCUT2D eigenvalue weighted by Gasteiger charge is 2.14. The fourth-order valence-electron chi connectivity index (χ4n) is 3.82. The van der Waals surface area contributed by atoms with Crippen molar-refractivity contribution in [1.82, 2.24) is 19.7 Å². The van der Waals surface area contributed by atoms with Gasteiger partial charge in [0, 0.05) is 11.9 Å². The van der Waals surface area contributed by atoms with Crippen LogP contribution < -0.4 is 10.2 Å². The molecule has 0 spiro atoms. The molecule has 0 saturated heterocycles. The Balaban J connectivity index is 1.48. The molecular formula is C26H32N6O. The molecular weight excluding hydrogens is 412 g/mol. The van der Waals surface area contributed by atoms with E-state index in [0.717, 1.165) is 65.8 Å². The van der Waals surface area contributed by atoms with Crippen molar-refractivity contribution < 1.29 is 4.74 Å². The number of fused-ring (bicyclic) bond motifs is 3. The van der Waals surface area contributed by atoms with Gasteiger partial charge >= 0.3 is 0 Å². The molecule has 0 aliphatic rings. The predicted molar refractivity (Wildman–Crippen MR) is 135 cm³/mol. The Bertz CT molecular complexity index is 1200. The van der Waals surface area contributed by atoms with Crippen molar-refractivity contribution in [1.29, 1.82) is 0 Å². The summed E-state index contributed by atoms with van der Waals surface area (Å²) in [7, 11) is 0. The first-order valence-electron chi connectivity index (χ1n) is 11.9. The zero-order chi connectivity index (χ0) is 22.9. The van der Waals surface area contributed by atoms with E-state index in [-0.39, 0.29) is 0 Å². The average Bonchev–Trinajstić information content (AvgIpc) is 3.16. The lowest BCUT2D eigenvalue weighted by atomic mass is 10.2. The molecule has 0 amide bonds. The molecule has 2 heterocycles. The van der Waals surface area contributed by atoms with Gasteiger partial charge in [0.2, 0.25) is 0 Å². The van der Waals surface area contributed by atoms with Gasteiger partial charge in [0.1, 0.15) is 11.3 Å². The Labute approximate surface area is 194 Å². The summed E-state index contributed by atoms with van der Waals surface area (Å²) in [6, 6.07) is 16.2. The number of unbranched alkanes of at least 4 members (excludes halogenated alkanes) is 4. The number of hydrogen-bond donors (Lipinski definition) is 1. The van der Waals surface area contributed by atoms with E-state index < -0.39 is 0 Å². The smallest absolute Gasteiger partial charge is 0.265 e. The topological polar surface area (TPSA) is 77.2 Å². The maximum absolute atomic E-state index is 5.70. The molecule has 0 aliphatic heterocycles. The van der Waals surface area contributed by atoms with Gasteiger partial charge in [-0.2, -0.15) is 10.1 Å². The summed E-state index contributed by atoms with van der Waals surface area (Å²) in [5.74, 6) is 1.26. The molecule has 2 aromatic carbocycles. The summed E-state index contributed by atoms with van der Waals surface area (Å²) in [5.41, 5.74) is 6.71. The third-order valence-corrected chi connectivity index (χ3v) is 5.63. The molecule has 7 heteroatoms. The highest BCUT2D eigenvalue weighted by atomic mass is 16.5. The van der Waals surface area contributed by atoms with Crippen LogP contribution in [0.3, 0.4) is 0 Å². The predicted octanol–water partition coefficient (Wildman–Crippen LogP) is 6.18. The summed E-state index contributed by atoms with van der Waals surface area (Å²) < 4.78 is 7.95. The quantitative estimate of drug-likeness (QED) is 0.160. The zero-order valence-electron chi connectivity index (χ0n) is 19.5. The highest BCUT2D eigenvalue weighted by Crippen LogP contribution is 2.27. The molecule has 1 N–H and O–H groups in total. The number of hydrazone groups is 1. The van der Waals surface area contributed by atoms with Crippen molar-refractivity contribution in [3.63, 3.8) is 0 Å². The zero-order valence-corrected chi connectivity index (χ0v) is 19.5. The Morgan fingerprint density at radius 3 is 2.58 bits per heavy atom. The molecule has 0 aliphatic carbocycles. The molecule has 2 aromatic heterocycles. The van der Waals surface area contributed by atoms with E-state index in [1.165, 1.54) is 19.3 Å². The Morgan fingerprint density at radius 2 is 1.76 bits per heavy atom. The number of para-hydroxylation sites is 1. The lowest BCUT2D eigenvalue weighted by Crippen LogP contribution is -2.03. The monoisotopic (exact) mass is 444 g/mol. The van der Waals surface area contributed by atoms with Gasteiger partial charge in [-0.15, -0.1) is 10.2 Å². The van der Waals surface area contributed by atoms with Gasteiger partial charge in [0.25, 0.3) is 5.95 Å². The fraction of sp³-hybridized carbons (Fsp3) is 0.385. The van der Waals surface area contributed by atoms with E-state index in [4.69, 9.17) is 9.72 Å². The van der Waals surface area contributed by atoms with Gasteiger partial charge in [-0.1, -0.05) is 57.7 Å². The van der Waals surface area contributed by atoms with Crippen LogP contribution in [-0.2, 0) is 6.54 Å². The van der Waals surface area contributed by atoms with E-state index in [0.29, 0.717) is 5.95 Å². The molecule has 0 saturated carbocycles. The van der Waals surface area contributed by atoms with E-state index >= 15 is 0 Å². The summed E-state index contributed by atoms with van der Waals surface area (Å²) in [6.07, 6.45) is 8.71. The highest BCUT2D eigenvalue weighted by molar-refractivity contribution is 6.04. The third kappa shape index (κ3) is 5.66. The molecule has 172 valence electrons. The Kier molecular flexibility index (Phi) is 7.85. The minimum Gasteiger partial charge on any atom is -0.494 e. The van der Waals surface area contributed by atoms with Crippen molar-refractivity contribution in [2.75, 3.05) is 12.0 Å². The van der Waals surface area contributed by atoms with Crippen LogP contribution in [0.5, 0.6) is 5.75 Å². The number of ether oxygens (including phenoxy) is 1. The molecule has 4 aromatic rings. The summed E-state index contributed by atoms with van der Waals surface area (Å²) >= 11 is 0. The minimum atomic E-state index is 0.385. The molecule has 0 unspecified atom stereocenters. The lowest BCUT2D eigenvalue weighted by Gasteiger charge is -2.06. The van der Waals surface area contributed by atoms with E-state index in [2.05, 4.69) is 57.3 Å². The van der Waals surface area contributed by atoms with Crippen LogP contribution in [0.1, 0.15) is 57.9 Å². The largest absolute Gasteiger partial charge is 0.494 e. The van der Waals surface area contributed by atoms with Gasteiger partial charge in [-0.05, 0) is 48.7 Å². The van der Waals surface area contributed by atoms with Crippen molar-refractivity contribution in [2.24, 2.45) is 5.10 Å². The normalized spacial score (nSPS) is 11.6. The van der Waals surface area contributed by atoms with Gasteiger partial charge in [0.15, 0.2) is 5.65 Å². The summed E-state index contributed by atoms with van der Waals surface area (Å²) in [4.78, 5) is 4.74. The molecule has 7 nitrogen and oxygen atoms in total. The molecule has 33 heavy (non-hydrogen) atoms. The molecule has 0 fully saturated rings. The van der Waals surface area contributed by atoms with Gasteiger partial charge in [-0.3, -0.25) is 0 Å². The first-order chi connectivity index (χ1) is 16.3. The second-order valence-electron chi connectivity index (χ2n) is 8.18. The number of rotatable bonds is 12. The van der Waals surface area contributed by atoms with Crippen LogP contribution in [0.4, 0.5) is 5.95 Å². The number of hydrogen-bond acceptors (Lipinski definition) is 6. The first-order valence-corrected chi connectivity index (χ1v) is 11.9. The van der Waals surface area contributed by atoms with Crippen LogP contribution in [-0.4, -0.2) is 32.6 Å². The second kappa shape index (κ2) is 11.4. The van der Waals surface area contributed by atoms with Crippen LogP contribution in [0.2, 0.25) is 0 Å². The van der Waals surface area contributed by atoms with Crippen LogP contribution in [0, 0.1) is 0 Å². The van der Waals surface area contributed by atoms with Crippen LogP contribution in [0.15, 0.2) is 53.6 Å². The van der Waals surface area contributed by atoms with Gasteiger partial charge in [0.05, 0.1) is 18.3 Å². The first kappa shape index (κ1) is 22.7. The van der Waals surface area contributed by atoms with E-state index in [9.17, 15) is 0 Å². The van der Waals surface area contributed by atoms with Crippen LogP contribution >= 0.6 is 0 Å². The molecule has 0 radical (unpaired) electrons. The maximum atomic E-state index is 5.70. The van der Waals surface area contributed by atoms with Gasteiger partial charge in [-0.25, -0.2) is 5.43 Å². The number of aryl methyl sites for hydroxylation is 1. The fourth-order valence-corrected chi connectivity index (χ4v) is 3.82. The van der Waals surface area contributed by atoms with Crippen LogP contribution in [0.25, 0.3) is 22.1 Å². The summed E-state index contributed by atoms with van der Waals surface area (Å²) in [6.45, 7) is 6.04. The number of nitrogens with zero attached hydrogens (tertiary/aromatic N) is 5. The molecule has 4 rings (SSSR count).